The summed E-state index contributed by atoms with van der Waals surface area (Å²) in [4.78, 5) is 2.79. The Kier molecular flexibility index (Phi) is 5.18. The Labute approximate surface area is 152 Å². The number of hydrogen-bond acceptors (Lipinski definition) is 4. The summed E-state index contributed by atoms with van der Waals surface area (Å²) in [5, 5.41) is 10.7. The predicted octanol–water partition coefficient (Wildman–Crippen LogP) is 3.78. The number of rotatable bonds is 5. The van der Waals surface area contributed by atoms with Crippen molar-refractivity contribution >= 4 is 15.5 Å². The molecule has 2 fully saturated rings. The number of nitrogens with zero attached hydrogens (tertiary/aromatic N) is 1. The summed E-state index contributed by atoms with van der Waals surface area (Å²) in [7, 11) is -3.13. The summed E-state index contributed by atoms with van der Waals surface area (Å²) in [5.74, 6) is 0.139. The maximum atomic E-state index is 12.0. The molecule has 1 saturated carbocycles. The van der Waals surface area contributed by atoms with Gasteiger partial charge in [0.25, 0.3) is 0 Å². The van der Waals surface area contributed by atoms with Crippen molar-refractivity contribution in [3.63, 3.8) is 0 Å². The van der Waals surface area contributed by atoms with Gasteiger partial charge in [0.15, 0.2) is 9.84 Å². The van der Waals surface area contributed by atoms with Crippen molar-refractivity contribution < 1.29 is 13.5 Å². The van der Waals surface area contributed by atoms with Crippen molar-refractivity contribution in [3.05, 3.63) is 24.3 Å². The summed E-state index contributed by atoms with van der Waals surface area (Å²) in [5.41, 5.74) is 0.999. The van der Waals surface area contributed by atoms with E-state index >= 15 is 0 Å². The van der Waals surface area contributed by atoms with Gasteiger partial charge in [-0.2, -0.15) is 0 Å². The third-order valence-corrected chi connectivity index (χ3v) is 8.09. The average Bonchev–Trinajstić information content (AvgIpc) is 3.03. The van der Waals surface area contributed by atoms with Crippen molar-refractivity contribution in [3.8, 4) is 0 Å². The van der Waals surface area contributed by atoms with Crippen molar-refractivity contribution in [2.24, 2.45) is 5.41 Å². The van der Waals surface area contributed by atoms with Gasteiger partial charge >= 0.3 is 0 Å². The zero-order chi connectivity index (χ0) is 18.1. The van der Waals surface area contributed by atoms with Gasteiger partial charge in [-0.25, -0.2) is 8.42 Å². The van der Waals surface area contributed by atoms with Gasteiger partial charge in [-0.3, -0.25) is 0 Å². The van der Waals surface area contributed by atoms with Crippen LogP contribution in [-0.2, 0) is 9.84 Å². The summed E-state index contributed by atoms with van der Waals surface area (Å²) >= 11 is 0. The van der Waals surface area contributed by atoms with Gasteiger partial charge in [-0.15, -0.1) is 0 Å². The zero-order valence-electron chi connectivity index (χ0n) is 15.5. The highest BCUT2D eigenvalue weighted by atomic mass is 32.2. The second kappa shape index (κ2) is 6.92. The Bertz CT molecular complexity index is 688. The largest absolute Gasteiger partial charge is 0.390 e. The van der Waals surface area contributed by atoms with Crippen LogP contribution in [0.2, 0.25) is 0 Å². The van der Waals surface area contributed by atoms with Crippen LogP contribution in [0.15, 0.2) is 29.2 Å². The molecular formula is C20H31NO3S. The van der Waals surface area contributed by atoms with Crippen LogP contribution in [0, 0.1) is 5.41 Å². The molecule has 1 aromatic rings. The molecule has 1 heterocycles. The molecule has 5 heteroatoms. The van der Waals surface area contributed by atoms with Gasteiger partial charge in [0, 0.05) is 18.8 Å². The minimum atomic E-state index is -3.13. The fraction of sp³-hybridized carbons (Fsp3) is 0.700. The van der Waals surface area contributed by atoms with Crippen LogP contribution in [0.25, 0.3) is 0 Å². The highest BCUT2D eigenvalue weighted by Gasteiger charge is 2.44. The first-order valence-corrected chi connectivity index (χ1v) is 11.3. The minimum Gasteiger partial charge on any atom is -0.390 e. The molecule has 140 valence electrons. The lowest BCUT2D eigenvalue weighted by Crippen LogP contribution is -2.40. The Balaban J connectivity index is 1.66. The van der Waals surface area contributed by atoms with Crippen LogP contribution in [0.1, 0.15) is 58.8 Å². The maximum Gasteiger partial charge on any atom is 0.178 e. The van der Waals surface area contributed by atoms with Crippen LogP contribution < -0.4 is 4.90 Å². The molecule has 3 rings (SSSR count). The molecule has 1 aliphatic carbocycles. The van der Waals surface area contributed by atoms with Crippen LogP contribution in [0.3, 0.4) is 0 Å². The molecule has 0 atom stereocenters. The second-order valence-electron chi connectivity index (χ2n) is 8.04. The third kappa shape index (κ3) is 3.87. The highest BCUT2D eigenvalue weighted by molar-refractivity contribution is 7.91. The number of sulfone groups is 1. The summed E-state index contributed by atoms with van der Waals surface area (Å²) in [6.07, 6.45) is 7.17. The molecule has 25 heavy (non-hydrogen) atoms. The van der Waals surface area contributed by atoms with E-state index in [1.807, 2.05) is 12.1 Å². The number of anilines is 1. The summed E-state index contributed by atoms with van der Waals surface area (Å²) in [6, 6.07) is 7.36. The fourth-order valence-corrected chi connectivity index (χ4v) is 5.44. The first-order chi connectivity index (χ1) is 11.8. The molecule has 1 aliphatic heterocycles. The standard InChI is InChI=1S/C20H31NO3S/c1-3-9-20(22)12-10-19(11-13-20)14-15-21(16-19)17-5-7-18(8-6-17)25(23,24)4-2/h5-8,22H,3-4,9-16H2,1-2H3/t19-,20+. The molecule has 0 bridgehead atoms. The van der Waals surface area contributed by atoms with Crippen LogP contribution in [-0.4, -0.2) is 38.0 Å². The van der Waals surface area contributed by atoms with Gasteiger partial charge in [-0.05, 0) is 68.2 Å². The van der Waals surface area contributed by atoms with E-state index in [1.165, 1.54) is 6.42 Å². The number of benzene rings is 1. The van der Waals surface area contributed by atoms with E-state index in [0.29, 0.717) is 10.3 Å². The van der Waals surface area contributed by atoms with Gasteiger partial charge < -0.3 is 10.0 Å². The lowest BCUT2D eigenvalue weighted by molar-refractivity contribution is -0.0357. The Morgan fingerprint density at radius 3 is 2.24 bits per heavy atom. The molecule has 2 aliphatic rings. The van der Waals surface area contributed by atoms with E-state index in [2.05, 4.69) is 11.8 Å². The van der Waals surface area contributed by atoms with Crippen LogP contribution >= 0.6 is 0 Å². The SMILES string of the molecule is CCC[C@]1(O)CC[C@]2(CCN(c3ccc(S(=O)(=O)CC)cc3)C2)CC1. The molecule has 0 amide bonds. The van der Waals surface area contributed by atoms with E-state index in [9.17, 15) is 13.5 Å². The quantitative estimate of drug-likeness (QED) is 0.863. The Morgan fingerprint density at radius 1 is 1.04 bits per heavy atom. The van der Waals surface area contributed by atoms with Crippen molar-refractivity contribution in [2.45, 2.75) is 69.3 Å². The fourth-order valence-electron chi connectivity index (χ4n) is 4.56. The second-order valence-corrected chi connectivity index (χ2v) is 10.3. The van der Waals surface area contributed by atoms with E-state index < -0.39 is 15.4 Å². The number of hydrogen-bond donors (Lipinski definition) is 1. The average molecular weight is 366 g/mol. The van der Waals surface area contributed by atoms with E-state index in [-0.39, 0.29) is 5.75 Å². The van der Waals surface area contributed by atoms with Gasteiger partial charge in [0.1, 0.15) is 0 Å². The molecular weight excluding hydrogens is 334 g/mol. The van der Waals surface area contributed by atoms with Crippen molar-refractivity contribution in [1.82, 2.24) is 0 Å². The van der Waals surface area contributed by atoms with Crippen LogP contribution in [0.4, 0.5) is 5.69 Å². The minimum absolute atomic E-state index is 0.139. The molecule has 1 saturated heterocycles. The molecule has 0 aromatic heterocycles. The van der Waals surface area contributed by atoms with Gasteiger partial charge in [0.2, 0.25) is 0 Å². The first kappa shape index (κ1) is 18.7. The molecule has 1 spiro atoms. The Hall–Kier alpha value is -1.07. The lowest BCUT2D eigenvalue weighted by atomic mass is 9.67. The van der Waals surface area contributed by atoms with E-state index in [1.54, 1.807) is 19.1 Å². The molecule has 1 N–H and O–H groups in total. The maximum absolute atomic E-state index is 12.0. The zero-order valence-corrected chi connectivity index (χ0v) is 16.3. The van der Waals surface area contributed by atoms with E-state index in [4.69, 9.17) is 0 Å². The normalized spacial score (nSPS) is 30.1. The molecule has 0 radical (unpaired) electrons. The topological polar surface area (TPSA) is 57.6 Å². The van der Waals surface area contributed by atoms with Crippen molar-refractivity contribution in [2.75, 3.05) is 23.7 Å². The first-order valence-electron chi connectivity index (χ1n) is 9.62. The van der Waals surface area contributed by atoms with E-state index in [0.717, 1.165) is 57.3 Å². The Morgan fingerprint density at radius 2 is 1.68 bits per heavy atom. The number of aliphatic hydroxyl groups is 1. The molecule has 1 aromatic carbocycles. The summed E-state index contributed by atoms with van der Waals surface area (Å²) in [6.45, 7) is 5.86. The summed E-state index contributed by atoms with van der Waals surface area (Å²) < 4.78 is 23.9. The molecule has 4 nitrogen and oxygen atoms in total. The smallest absolute Gasteiger partial charge is 0.178 e. The van der Waals surface area contributed by atoms with Crippen LogP contribution in [0.5, 0.6) is 0 Å². The van der Waals surface area contributed by atoms with Crippen molar-refractivity contribution in [1.29, 1.82) is 0 Å². The lowest BCUT2D eigenvalue weighted by Gasteiger charge is -2.42. The molecule has 0 unspecified atom stereocenters. The van der Waals surface area contributed by atoms with Gasteiger partial charge in [-0.1, -0.05) is 20.3 Å². The third-order valence-electron chi connectivity index (χ3n) is 6.34. The predicted molar refractivity (Wildman–Crippen MR) is 102 cm³/mol. The van der Waals surface area contributed by atoms with Gasteiger partial charge in [0.05, 0.1) is 16.2 Å². The monoisotopic (exact) mass is 365 g/mol. The highest BCUT2D eigenvalue weighted by Crippen LogP contribution is 2.48.